The number of thiophene rings is 1. The molecule has 0 aliphatic rings. The lowest BCUT2D eigenvalue weighted by Gasteiger charge is -2.12. The number of fused-ring (bicyclic) bond motifs is 11. The SMILES string of the molecule is c1ccc(-c2cc(-c3ccccc3)nc(-n3c4ccccc4c4cc5c(cc43)sc3ccc4c(c6ccccc6n4-c4nc6ccccc6n4-c4ccccc4)c35)n2)cc1. The van der Waals surface area contributed by atoms with E-state index in [9.17, 15) is 0 Å². The molecule has 0 fully saturated rings. The standard InChI is InChI=1S/C53H32N6S/c1-4-16-33(17-5-1)41-31-42(34-18-6-2-7-19-34)55-52(54-41)58-43-25-13-10-22-36(43)38-30-39-49(32-47(38)58)60-48-29-28-46-50(51(39)48)37-23-11-14-26-44(37)59(46)53-56-40-24-12-15-27-45(40)57(53)35-20-8-3-9-21-35/h1-32H. The summed E-state index contributed by atoms with van der Waals surface area (Å²) in [5.41, 5.74) is 11.4. The van der Waals surface area contributed by atoms with Crippen LogP contribution < -0.4 is 0 Å². The van der Waals surface area contributed by atoms with E-state index in [0.717, 1.165) is 72.6 Å². The average Bonchev–Trinajstić information content (AvgIpc) is 4.06. The number of hydrogen-bond acceptors (Lipinski definition) is 4. The van der Waals surface area contributed by atoms with Crippen molar-refractivity contribution in [3.8, 4) is 40.1 Å². The van der Waals surface area contributed by atoms with Crippen LogP contribution in [-0.2, 0) is 0 Å². The molecule has 0 bridgehead atoms. The van der Waals surface area contributed by atoms with Crippen molar-refractivity contribution in [1.82, 2.24) is 28.7 Å². The Hall–Kier alpha value is -7.87. The van der Waals surface area contributed by atoms with Crippen LogP contribution in [0.1, 0.15) is 0 Å². The molecule has 5 aromatic heterocycles. The van der Waals surface area contributed by atoms with Gasteiger partial charge in [-0.2, -0.15) is 0 Å². The summed E-state index contributed by atoms with van der Waals surface area (Å²) < 4.78 is 9.35. The number of nitrogens with zero attached hydrogens (tertiary/aromatic N) is 6. The summed E-state index contributed by atoms with van der Waals surface area (Å²) in [4.78, 5) is 15.9. The maximum absolute atomic E-state index is 5.33. The van der Waals surface area contributed by atoms with Gasteiger partial charge in [0.25, 0.3) is 0 Å². The third-order valence-corrected chi connectivity index (χ3v) is 13.0. The number of benzene rings is 8. The van der Waals surface area contributed by atoms with Crippen molar-refractivity contribution in [3.63, 3.8) is 0 Å². The lowest BCUT2D eigenvalue weighted by Crippen LogP contribution is -2.05. The molecule has 7 heteroatoms. The molecule has 280 valence electrons. The molecule has 60 heavy (non-hydrogen) atoms. The zero-order valence-corrected chi connectivity index (χ0v) is 32.9. The highest BCUT2D eigenvalue weighted by Crippen LogP contribution is 2.46. The highest BCUT2D eigenvalue weighted by Gasteiger charge is 2.24. The number of rotatable bonds is 5. The molecular weight excluding hydrogens is 753 g/mol. The quantitative estimate of drug-likeness (QED) is 0.175. The zero-order valence-electron chi connectivity index (χ0n) is 32.1. The molecule has 0 radical (unpaired) electrons. The number of hydrogen-bond donors (Lipinski definition) is 0. The first-order valence-electron chi connectivity index (χ1n) is 20.1. The van der Waals surface area contributed by atoms with E-state index in [1.54, 1.807) is 0 Å². The molecule has 0 spiro atoms. The Morgan fingerprint density at radius 2 is 0.950 bits per heavy atom. The highest BCUT2D eigenvalue weighted by atomic mass is 32.1. The Kier molecular flexibility index (Phi) is 7.08. The fourth-order valence-electron chi connectivity index (χ4n) is 9.26. The second-order valence-corrected chi connectivity index (χ2v) is 16.3. The second kappa shape index (κ2) is 12.8. The van der Waals surface area contributed by atoms with Gasteiger partial charge in [-0.05, 0) is 66.7 Å². The van der Waals surface area contributed by atoms with Gasteiger partial charge in [-0.1, -0.05) is 127 Å². The Bertz CT molecular complexity index is 3760. The first-order chi connectivity index (χ1) is 29.8. The smallest absolute Gasteiger partial charge is 0.235 e. The Morgan fingerprint density at radius 3 is 1.67 bits per heavy atom. The summed E-state index contributed by atoms with van der Waals surface area (Å²) in [6, 6.07) is 68.6. The van der Waals surface area contributed by atoms with E-state index in [4.69, 9.17) is 15.0 Å². The molecule has 0 unspecified atom stereocenters. The third-order valence-electron chi connectivity index (χ3n) is 11.9. The molecule has 0 aliphatic carbocycles. The first kappa shape index (κ1) is 33.1. The normalized spacial score (nSPS) is 12.0. The summed E-state index contributed by atoms with van der Waals surface area (Å²) in [5.74, 6) is 1.51. The van der Waals surface area contributed by atoms with Gasteiger partial charge in [0.15, 0.2) is 0 Å². The Balaban J connectivity index is 1.10. The molecule has 0 atom stereocenters. The van der Waals surface area contributed by atoms with Gasteiger partial charge in [-0.25, -0.2) is 15.0 Å². The van der Waals surface area contributed by atoms with Crippen LogP contribution in [0.15, 0.2) is 194 Å². The molecule has 0 amide bonds. The van der Waals surface area contributed by atoms with Gasteiger partial charge in [0.05, 0.1) is 44.5 Å². The predicted octanol–water partition coefficient (Wildman–Crippen LogP) is 13.7. The molecule has 0 saturated heterocycles. The number of para-hydroxylation sites is 5. The van der Waals surface area contributed by atoms with Gasteiger partial charge in [-0.3, -0.25) is 13.7 Å². The van der Waals surface area contributed by atoms with Crippen LogP contribution in [0.4, 0.5) is 0 Å². The summed E-state index contributed by atoms with van der Waals surface area (Å²) in [5, 5.41) is 7.26. The van der Waals surface area contributed by atoms with Crippen molar-refractivity contribution in [3.05, 3.63) is 194 Å². The van der Waals surface area contributed by atoms with Crippen molar-refractivity contribution in [2.24, 2.45) is 0 Å². The molecule has 6 nitrogen and oxygen atoms in total. The monoisotopic (exact) mass is 784 g/mol. The van der Waals surface area contributed by atoms with E-state index in [0.29, 0.717) is 5.95 Å². The van der Waals surface area contributed by atoms with Crippen LogP contribution >= 0.6 is 11.3 Å². The number of aromatic nitrogens is 6. The van der Waals surface area contributed by atoms with Crippen LogP contribution in [0, 0.1) is 0 Å². The summed E-state index contributed by atoms with van der Waals surface area (Å²) in [6.07, 6.45) is 0. The largest absolute Gasteiger partial charge is 0.279 e. The van der Waals surface area contributed by atoms with E-state index in [-0.39, 0.29) is 0 Å². The van der Waals surface area contributed by atoms with Gasteiger partial charge >= 0.3 is 0 Å². The van der Waals surface area contributed by atoms with Gasteiger partial charge in [-0.15, -0.1) is 11.3 Å². The first-order valence-corrected chi connectivity index (χ1v) is 20.9. The van der Waals surface area contributed by atoms with Gasteiger partial charge in [0, 0.05) is 58.5 Å². The van der Waals surface area contributed by atoms with E-state index >= 15 is 0 Å². The minimum absolute atomic E-state index is 0.647. The van der Waals surface area contributed by atoms with Gasteiger partial charge in [0.2, 0.25) is 11.9 Å². The molecule has 8 aromatic carbocycles. The van der Waals surface area contributed by atoms with E-state index < -0.39 is 0 Å². The Labute approximate surface area is 347 Å². The maximum Gasteiger partial charge on any atom is 0.235 e. The van der Waals surface area contributed by atoms with Crippen molar-refractivity contribution < 1.29 is 0 Å². The van der Waals surface area contributed by atoms with Crippen LogP contribution in [0.25, 0.3) is 115 Å². The van der Waals surface area contributed by atoms with Gasteiger partial charge < -0.3 is 0 Å². The summed E-state index contributed by atoms with van der Waals surface area (Å²) >= 11 is 1.84. The van der Waals surface area contributed by atoms with E-state index in [1.807, 2.05) is 23.5 Å². The fourth-order valence-corrected chi connectivity index (χ4v) is 10.4. The van der Waals surface area contributed by atoms with Crippen LogP contribution in [0.2, 0.25) is 0 Å². The maximum atomic E-state index is 5.33. The van der Waals surface area contributed by atoms with E-state index in [2.05, 4.69) is 196 Å². The zero-order chi connectivity index (χ0) is 39.3. The van der Waals surface area contributed by atoms with Crippen molar-refractivity contribution in [1.29, 1.82) is 0 Å². The summed E-state index contributed by atoms with van der Waals surface area (Å²) in [7, 11) is 0. The topological polar surface area (TPSA) is 53.5 Å². The van der Waals surface area contributed by atoms with Crippen molar-refractivity contribution >= 4 is 86.2 Å². The molecule has 0 N–H and O–H groups in total. The fraction of sp³-hybridized carbons (Fsp3) is 0. The molecular formula is C53H32N6S. The third kappa shape index (κ3) is 4.84. The molecule has 5 heterocycles. The van der Waals surface area contributed by atoms with Crippen molar-refractivity contribution in [2.75, 3.05) is 0 Å². The summed E-state index contributed by atoms with van der Waals surface area (Å²) in [6.45, 7) is 0. The average molecular weight is 785 g/mol. The molecule has 0 saturated carbocycles. The predicted molar refractivity (Wildman–Crippen MR) is 249 cm³/mol. The van der Waals surface area contributed by atoms with Crippen molar-refractivity contribution in [2.45, 2.75) is 0 Å². The van der Waals surface area contributed by atoms with Crippen LogP contribution in [0.3, 0.4) is 0 Å². The lowest BCUT2D eigenvalue weighted by molar-refractivity contribution is 0.956. The van der Waals surface area contributed by atoms with Crippen LogP contribution in [0.5, 0.6) is 0 Å². The highest BCUT2D eigenvalue weighted by molar-refractivity contribution is 7.26. The Morgan fingerprint density at radius 1 is 0.350 bits per heavy atom. The number of imidazole rings is 1. The minimum Gasteiger partial charge on any atom is -0.279 e. The molecule has 13 rings (SSSR count). The van der Waals surface area contributed by atoms with E-state index in [1.165, 1.54) is 36.3 Å². The molecule has 0 aliphatic heterocycles. The molecule has 13 aromatic rings. The van der Waals surface area contributed by atoms with Crippen LogP contribution in [-0.4, -0.2) is 28.7 Å². The minimum atomic E-state index is 0.647. The van der Waals surface area contributed by atoms with Gasteiger partial charge in [0.1, 0.15) is 0 Å². The lowest BCUT2D eigenvalue weighted by atomic mass is 10.0. The second-order valence-electron chi connectivity index (χ2n) is 15.2.